The molecule has 1 saturated heterocycles. The van der Waals surface area contributed by atoms with E-state index in [1.165, 1.54) is 6.42 Å². The van der Waals surface area contributed by atoms with E-state index in [9.17, 15) is 4.79 Å². The van der Waals surface area contributed by atoms with Gasteiger partial charge in [0.05, 0.1) is 12.7 Å². The lowest BCUT2D eigenvalue weighted by molar-refractivity contribution is 0.0697. The van der Waals surface area contributed by atoms with Gasteiger partial charge in [-0.25, -0.2) is 4.68 Å². The topological polar surface area (TPSA) is 51.0 Å². The molecule has 0 radical (unpaired) electrons. The van der Waals surface area contributed by atoms with Gasteiger partial charge in [0.2, 0.25) is 0 Å². The molecule has 1 amide bonds. The molecule has 2 aromatic rings. The van der Waals surface area contributed by atoms with Gasteiger partial charge in [0.15, 0.2) is 5.69 Å². The molecule has 2 fully saturated rings. The summed E-state index contributed by atoms with van der Waals surface area (Å²) in [5.74, 6) is 0.699. The van der Waals surface area contributed by atoms with E-state index in [1.54, 1.807) is 10.9 Å². The fourth-order valence-corrected chi connectivity index (χ4v) is 3.79. The molecule has 22 heavy (non-hydrogen) atoms. The largest absolute Gasteiger partial charge is 0.334 e. The summed E-state index contributed by atoms with van der Waals surface area (Å²) in [6.45, 7) is 1.40. The number of carbonyl (C=O) groups excluding carboxylic acids is 1. The van der Waals surface area contributed by atoms with Gasteiger partial charge >= 0.3 is 0 Å². The van der Waals surface area contributed by atoms with Crippen molar-refractivity contribution in [1.29, 1.82) is 0 Å². The van der Waals surface area contributed by atoms with E-state index in [1.807, 2.05) is 29.2 Å². The number of nitrogens with zero attached hydrogens (tertiary/aromatic N) is 4. The smallest absolute Gasteiger partial charge is 0.276 e. The molecule has 2 atom stereocenters. The Morgan fingerprint density at radius 2 is 2.18 bits per heavy atom. The fourth-order valence-electron chi connectivity index (χ4n) is 3.60. The van der Waals surface area contributed by atoms with Gasteiger partial charge in [-0.2, -0.15) is 0 Å². The van der Waals surface area contributed by atoms with Crippen LogP contribution in [0.25, 0.3) is 0 Å². The third-order valence-corrected chi connectivity index (χ3v) is 5.09. The van der Waals surface area contributed by atoms with Gasteiger partial charge in [0.1, 0.15) is 0 Å². The highest BCUT2D eigenvalue weighted by atomic mass is 35.5. The standard InChI is InChI=1S/C16H17ClN4O/c17-14-4-2-1-3-12(14)9-20-10-15(18-19-20)16(22)21-8-11-5-6-13(21)7-11/h1-4,10-11,13H,5-9H2/t11-,13-/m0/s1. The van der Waals surface area contributed by atoms with Crippen LogP contribution in [0.3, 0.4) is 0 Å². The van der Waals surface area contributed by atoms with Gasteiger partial charge in [0.25, 0.3) is 5.91 Å². The SMILES string of the molecule is O=C(c1cn(Cc2ccccc2Cl)nn1)N1C[C@H]2CC[C@H]1C2. The van der Waals surface area contributed by atoms with Crippen LogP contribution in [0.15, 0.2) is 30.5 Å². The Bertz CT molecular complexity index is 714. The number of halogens is 1. The lowest BCUT2D eigenvalue weighted by Gasteiger charge is -2.25. The lowest BCUT2D eigenvalue weighted by atomic mass is 10.1. The number of amides is 1. The summed E-state index contributed by atoms with van der Waals surface area (Å²) in [4.78, 5) is 14.5. The molecular weight excluding hydrogens is 300 g/mol. The van der Waals surface area contributed by atoms with E-state index < -0.39 is 0 Å². The Balaban J connectivity index is 1.50. The lowest BCUT2D eigenvalue weighted by Crippen LogP contribution is -2.37. The number of aromatic nitrogens is 3. The molecule has 0 spiro atoms. The molecule has 1 aliphatic heterocycles. The van der Waals surface area contributed by atoms with Gasteiger partial charge in [-0.3, -0.25) is 4.79 Å². The van der Waals surface area contributed by atoms with Gasteiger partial charge < -0.3 is 4.90 Å². The number of piperidine rings is 1. The zero-order chi connectivity index (χ0) is 15.1. The van der Waals surface area contributed by atoms with E-state index in [0.29, 0.717) is 29.2 Å². The van der Waals surface area contributed by atoms with Crippen molar-refractivity contribution in [2.24, 2.45) is 5.92 Å². The molecule has 1 aromatic carbocycles. The Morgan fingerprint density at radius 3 is 2.91 bits per heavy atom. The minimum Gasteiger partial charge on any atom is -0.334 e. The average molecular weight is 317 g/mol. The monoisotopic (exact) mass is 316 g/mol. The maximum absolute atomic E-state index is 12.6. The van der Waals surface area contributed by atoms with Crippen molar-refractivity contribution in [2.75, 3.05) is 6.54 Å². The molecule has 6 heteroatoms. The zero-order valence-electron chi connectivity index (χ0n) is 12.2. The Morgan fingerprint density at radius 1 is 1.32 bits per heavy atom. The van der Waals surface area contributed by atoms with Crippen LogP contribution in [-0.2, 0) is 6.54 Å². The molecule has 1 saturated carbocycles. The Labute approximate surface area is 133 Å². The number of hydrogen-bond donors (Lipinski definition) is 0. The van der Waals surface area contributed by atoms with Crippen LogP contribution in [-0.4, -0.2) is 38.4 Å². The van der Waals surface area contributed by atoms with Crippen LogP contribution in [0, 0.1) is 5.92 Å². The van der Waals surface area contributed by atoms with Crippen LogP contribution >= 0.6 is 11.6 Å². The summed E-state index contributed by atoms with van der Waals surface area (Å²) in [5, 5.41) is 8.81. The first kappa shape index (κ1) is 13.8. The second kappa shape index (κ2) is 5.39. The number of likely N-dealkylation sites (tertiary alicyclic amines) is 1. The third kappa shape index (κ3) is 2.39. The normalized spacial score (nSPS) is 23.2. The predicted octanol–water partition coefficient (Wildman–Crippen LogP) is 2.60. The summed E-state index contributed by atoms with van der Waals surface area (Å²) in [6.07, 6.45) is 5.26. The molecule has 1 aromatic heterocycles. The van der Waals surface area contributed by atoms with Crippen molar-refractivity contribution in [3.05, 3.63) is 46.7 Å². The first-order chi connectivity index (χ1) is 10.7. The number of carbonyl (C=O) groups is 1. The molecule has 2 aliphatic rings. The quantitative estimate of drug-likeness (QED) is 0.874. The maximum atomic E-state index is 12.6. The highest BCUT2D eigenvalue weighted by molar-refractivity contribution is 6.31. The minimum absolute atomic E-state index is 0.0117. The van der Waals surface area contributed by atoms with Crippen LogP contribution in [0.5, 0.6) is 0 Å². The summed E-state index contributed by atoms with van der Waals surface area (Å²) < 4.78 is 1.67. The molecule has 1 aliphatic carbocycles. The van der Waals surface area contributed by atoms with Crippen LogP contribution in [0.2, 0.25) is 5.02 Å². The van der Waals surface area contributed by atoms with Gasteiger partial charge in [0, 0.05) is 17.6 Å². The van der Waals surface area contributed by atoms with E-state index in [0.717, 1.165) is 24.9 Å². The van der Waals surface area contributed by atoms with E-state index in [-0.39, 0.29) is 5.91 Å². The number of rotatable bonds is 3. The van der Waals surface area contributed by atoms with Crippen molar-refractivity contribution in [2.45, 2.75) is 31.8 Å². The molecule has 114 valence electrons. The van der Waals surface area contributed by atoms with Gasteiger partial charge in [-0.05, 0) is 36.8 Å². The van der Waals surface area contributed by atoms with Crippen LogP contribution in [0.1, 0.15) is 35.3 Å². The summed E-state index contributed by atoms with van der Waals surface area (Å²) in [7, 11) is 0. The van der Waals surface area contributed by atoms with Gasteiger partial charge in [-0.1, -0.05) is 35.0 Å². The van der Waals surface area contributed by atoms with Crippen LogP contribution < -0.4 is 0 Å². The number of benzene rings is 1. The van der Waals surface area contributed by atoms with E-state index in [2.05, 4.69) is 10.3 Å². The molecule has 0 N–H and O–H groups in total. The summed E-state index contributed by atoms with van der Waals surface area (Å²) in [6, 6.07) is 8.04. The van der Waals surface area contributed by atoms with E-state index >= 15 is 0 Å². The number of fused-ring (bicyclic) bond motifs is 2. The minimum atomic E-state index is 0.0117. The average Bonchev–Trinajstić information content (AvgIpc) is 3.25. The fraction of sp³-hybridized carbons (Fsp3) is 0.438. The molecule has 2 heterocycles. The van der Waals surface area contributed by atoms with Crippen molar-refractivity contribution in [3.8, 4) is 0 Å². The highest BCUT2D eigenvalue weighted by Crippen LogP contribution is 2.37. The summed E-state index contributed by atoms with van der Waals surface area (Å²) in [5.41, 5.74) is 1.40. The van der Waals surface area contributed by atoms with Crippen molar-refractivity contribution >= 4 is 17.5 Å². The predicted molar refractivity (Wildman–Crippen MR) is 82.7 cm³/mol. The molecule has 5 nitrogen and oxygen atoms in total. The molecule has 2 bridgehead atoms. The van der Waals surface area contributed by atoms with Gasteiger partial charge in [-0.15, -0.1) is 5.10 Å². The number of hydrogen-bond acceptors (Lipinski definition) is 3. The maximum Gasteiger partial charge on any atom is 0.276 e. The first-order valence-electron chi connectivity index (χ1n) is 7.65. The summed E-state index contributed by atoms with van der Waals surface area (Å²) >= 11 is 6.15. The second-order valence-electron chi connectivity index (χ2n) is 6.18. The Hall–Kier alpha value is -1.88. The molecule has 0 unspecified atom stereocenters. The first-order valence-corrected chi connectivity index (χ1v) is 8.03. The molecular formula is C16H17ClN4O. The highest BCUT2D eigenvalue weighted by Gasteiger charge is 2.41. The van der Waals surface area contributed by atoms with Crippen LogP contribution in [0.4, 0.5) is 0 Å². The van der Waals surface area contributed by atoms with Crippen molar-refractivity contribution in [1.82, 2.24) is 19.9 Å². The second-order valence-corrected chi connectivity index (χ2v) is 6.59. The molecule has 4 rings (SSSR count). The zero-order valence-corrected chi connectivity index (χ0v) is 12.9. The third-order valence-electron chi connectivity index (χ3n) is 4.72. The van der Waals surface area contributed by atoms with Crippen molar-refractivity contribution < 1.29 is 4.79 Å². The van der Waals surface area contributed by atoms with Crippen molar-refractivity contribution in [3.63, 3.8) is 0 Å². The Kier molecular flexibility index (Phi) is 3.37. The van der Waals surface area contributed by atoms with E-state index in [4.69, 9.17) is 11.6 Å².